The van der Waals surface area contributed by atoms with Gasteiger partial charge in [0, 0.05) is 12.3 Å². The molecular weight excluding hydrogens is 262 g/mol. The van der Waals surface area contributed by atoms with Crippen LogP contribution in [0.4, 0.5) is 0 Å². The van der Waals surface area contributed by atoms with Gasteiger partial charge in [0.25, 0.3) is 0 Å². The van der Waals surface area contributed by atoms with E-state index in [0.717, 1.165) is 16.5 Å². The molecule has 6 heteroatoms. The van der Waals surface area contributed by atoms with Gasteiger partial charge in [0.05, 0.1) is 11.5 Å². The van der Waals surface area contributed by atoms with Crippen LogP contribution in [0.1, 0.15) is 20.3 Å². The molecule has 1 unspecified atom stereocenters. The predicted octanol–water partition coefficient (Wildman–Crippen LogP) is 1.68. The number of thioether (sulfide) groups is 1. The summed E-state index contributed by atoms with van der Waals surface area (Å²) in [5.74, 6) is 2.52. The topological polar surface area (TPSA) is 46.2 Å². The summed E-state index contributed by atoms with van der Waals surface area (Å²) >= 11 is 6.81. The van der Waals surface area contributed by atoms with Crippen molar-refractivity contribution in [2.75, 3.05) is 23.8 Å². The molecule has 16 heavy (non-hydrogen) atoms. The fraction of sp³-hybridized carbons (Fsp3) is 0.900. The Labute approximate surface area is 108 Å². The molecule has 0 aromatic rings. The number of hydrogen-bond donors (Lipinski definition) is 1. The van der Waals surface area contributed by atoms with Crippen LogP contribution in [0.5, 0.6) is 0 Å². The van der Waals surface area contributed by atoms with Gasteiger partial charge in [0.2, 0.25) is 0 Å². The molecule has 1 atom stereocenters. The normalized spacial score (nSPS) is 23.6. The second-order valence-electron chi connectivity index (χ2n) is 4.64. The Morgan fingerprint density at radius 1 is 1.56 bits per heavy atom. The molecule has 1 fully saturated rings. The summed E-state index contributed by atoms with van der Waals surface area (Å²) < 4.78 is 23.3. The molecule has 1 heterocycles. The van der Waals surface area contributed by atoms with Crippen LogP contribution >= 0.6 is 24.0 Å². The van der Waals surface area contributed by atoms with Crippen LogP contribution < -0.4 is 5.32 Å². The Bertz CT molecular complexity index is 338. The number of thiocarbonyl (C=S) groups is 1. The van der Waals surface area contributed by atoms with Gasteiger partial charge in [-0.25, -0.2) is 8.42 Å². The summed E-state index contributed by atoms with van der Waals surface area (Å²) in [6.07, 6.45) is 0.771. The Kier molecular flexibility index (Phi) is 5.53. The summed E-state index contributed by atoms with van der Waals surface area (Å²) in [7, 11) is -2.76. The summed E-state index contributed by atoms with van der Waals surface area (Å²) in [6.45, 7) is 5.00. The van der Waals surface area contributed by atoms with Crippen molar-refractivity contribution in [2.24, 2.45) is 11.8 Å². The summed E-state index contributed by atoms with van der Waals surface area (Å²) in [6, 6.07) is 0. The maximum absolute atomic E-state index is 11.2. The lowest BCUT2D eigenvalue weighted by Crippen LogP contribution is -2.27. The Morgan fingerprint density at radius 3 is 2.75 bits per heavy atom. The van der Waals surface area contributed by atoms with Crippen LogP contribution in [0.25, 0.3) is 0 Å². The zero-order valence-corrected chi connectivity index (χ0v) is 12.2. The third kappa shape index (κ3) is 5.50. The van der Waals surface area contributed by atoms with Crippen molar-refractivity contribution in [3.63, 3.8) is 0 Å². The number of sulfone groups is 1. The summed E-state index contributed by atoms with van der Waals surface area (Å²) in [5.41, 5.74) is 0. The standard InChI is InChI=1S/C10H19NO2S3/c1-8(2)6-15-10(14)11-5-9-3-4-16(12,13)7-9/h8-9H,3-7H2,1-2H3,(H,11,14). The first-order chi connectivity index (χ1) is 7.39. The first-order valence-corrected chi connectivity index (χ1v) is 8.71. The highest BCUT2D eigenvalue weighted by atomic mass is 32.2. The quantitative estimate of drug-likeness (QED) is 0.795. The van der Waals surface area contributed by atoms with Gasteiger partial charge >= 0.3 is 0 Å². The number of rotatable bonds is 4. The van der Waals surface area contributed by atoms with Crippen molar-refractivity contribution in [1.82, 2.24) is 5.32 Å². The van der Waals surface area contributed by atoms with Gasteiger partial charge in [-0.3, -0.25) is 0 Å². The van der Waals surface area contributed by atoms with E-state index in [-0.39, 0.29) is 5.92 Å². The van der Waals surface area contributed by atoms with Crippen molar-refractivity contribution < 1.29 is 8.42 Å². The maximum Gasteiger partial charge on any atom is 0.150 e. The molecular formula is C10H19NO2S3. The molecule has 94 valence electrons. The van der Waals surface area contributed by atoms with Gasteiger partial charge in [-0.1, -0.05) is 37.8 Å². The van der Waals surface area contributed by atoms with Crippen LogP contribution in [-0.2, 0) is 9.84 Å². The molecule has 0 aromatic carbocycles. The van der Waals surface area contributed by atoms with E-state index in [9.17, 15) is 8.42 Å². The molecule has 0 bridgehead atoms. The zero-order chi connectivity index (χ0) is 12.2. The second kappa shape index (κ2) is 6.21. The van der Waals surface area contributed by atoms with Crippen LogP contribution in [0.3, 0.4) is 0 Å². The molecule has 0 saturated carbocycles. The van der Waals surface area contributed by atoms with E-state index in [2.05, 4.69) is 19.2 Å². The zero-order valence-electron chi connectivity index (χ0n) is 9.73. The monoisotopic (exact) mass is 281 g/mol. The van der Waals surface area contributed by atoms with E-state index in [1.807, 2.05) is 0 Å². The van der Waals surface area contributed by atoms with Gasteiger partial charge < -0.3 is 5.32 Å². The Morgan fingerprint density at radius 2 is 2.25 bits per heavy atom. The van der Waals surface area contributed by atoms with E-state index in [1.54, 1.807) is 11.8 Å². The van der Waals surface area contributed by atoms with Crippen LogP contribution in [0, 0.1) is 11.8 Å². The maximum atomic E-state index is 11.2. The largest absolute Gasteiger partial charge is 0.371 e. The molecule has 0 aliphatic carbocycles. The van der Waals surface area contributed by atoms with E-state index >= 15 is 0 Å². The predicted molar refractivity (Wildman–Crippen MR) is 74.7 cm³/mol. The molecule has 1 saturated heterocycles. The molecule has 0 radical (unpaired) electrons. The lowest BCUT2D eigenvalue weighted by atomic mass is 10.1. The minimum absolute atomic E-state index is 0.239. The minimum atomic E-state index is -2.76. The fourth-order valence-electron chi connectivity index (χ4n) is 1.55. The van der Waals surface area contributed by atoms with Gasteiger partial charge in [0.1, 0.15) is 4.32 Å². The minimum Gasteiger partial charge on any atom is -0.371 e. The third-order valence-corrected chi connectivity index (χ3v) is 5.98. The molecule has 1 aliphatic heterocycles. The summed E-state index contributed by atoms with van der Waals surface area (Å²) in [4.78, 5) is 0. The van der Waals surface area contributed by atoms with E-state index in [1.165, 1.54) is 0 Å². The van der Waals surface area contributed by atoms with E-state index < -0.39 is 9.84 Å². The van der Waals surface area contributed by atoms with E-state index in [0.29, 0.717) is 24.0 Å². The second-order valence-corrected chi connectivity index (χ2v) is 8.57. The van der Waals surface area contributed by atoms with Crippen molar-refractivity contribution in [2.45, 2.75) is 20.3 Å². The van der Waals surface area contributed by atoms with Gasteiger partial charge in [-0.05, 0) is 18.3 Å². The average Bonchev–Trinajstić information content (AvgIpc) is 2.52. The first-order valence-electron chi connectivity index (χ1n) is 5.50. The lowest BCUT2D eigenvalue weighted by molar-refractivity contribution is 0.575. The van der Waals surface area contributed by atoms with Crippen LogP contribution in [-0.4, -0.2) is 36.5 Å². The van der Waals surface area contributed by atoms with Crippen molar-refractivity contribution in [1.29, 1.82) is 0 Å². The highest BCUT2D eigenvalue weighted by Crippen LogP contribution is 2.18. The fourth-order valence-corrected chi connectivity index (χ4v) is 4.37. The van der Waals surface area contributed by atoms with Crippen LogP contribution in [0.15, 0.2) is 0 Å². The SMILES string of the molecule is CC(C)CSC(=S)NCC1CCS(=O)(=O)C1. The molecule has 0 amide bonds. The molecule has 1 aliphatic rings. The number of nitrogens with one attached hydrogen (secondary N) is 1. The Hall–Kier alpha value is 0.190. The molecule has 3 nitrogen and oxygen atoms in total. The van der Waals surface area contributed by atoms with Crippen molar-refractivity contribution in [3.8, 4) is 0 Å². The average molecular weight is 281 g/mol. The van der Waals surface area contributed by atoms with Gasteiger partial charge in [-0.15, -0.1) is 0 Å². The first kappa shape index (κ1) is 14.3. The molecule has 1 rings (SSSR count). The molecule has 0 spiro atoms. The van der Waals surface area contributed by atoms with E-state index in [4.69, 9.17) is 12.2 Å². The highest BCUT2D eigenvalue weighted by Gasteiger charge is 2.27. The Balaban J connectivity index is 2.18. The van der Waals surface area contributed by atoms with Crippen molar-refractivity contribution in [3.05, 3.63) is 0 Å². The number of hydrogen-bond acceptors (Lipinski definition) is 4. The molecule has 1 N–H and O–H groups in total. The van der Waals surface area contributed by atoms with Crippen molar-refractivity contribution >= 4 is 38.1 Å². The van der Waals surface area contributed by atoms with Gasteiger partial charge in [0.15, 0.2) is 9.84 Å². The van der Waals surface area contributed by atoms with Gasteiger partial charge in [-0.2, -0.15) is 0 Å². The smallest absolute Gasteiger partial charge is 0.150 e. The van der Waals surface area contributed by atoms with Crippen LogP contribution in [0.2, 0.25) is 0 Å². The third-order valence-electron chi connectivity index (χ3n) is 2.41. The highest BCUT2D eigenvalue weighted by molar-refractivity contribution is 8.22. The summed E-state index contributed by atoms with van der Waals surface area (Å²) in [5, 5.41) is 3.15. The lowest BCUT2D eigenvalue weighted by Gasteiger charge is -2.12. The molecule has 0 aromatic heterocycles.